The number of ether oxygens (including phenoxy) is 1. The molecule has 0 radical (unpaired) electrons. The van der Waals surface area contributed by atoms with Crippen molar-refractivity contribution in [2.45, 2.75) is 25.7 Å². The summed E-state index contributed by atoms with van der Waals surface area (Å²) in [6.07, 6.45) is 0. The molecule has 0 unspecified atom stereocenters. The predicted octanol–water partition coefficient (Wildman–Crippen LogP) is 1.32. The molecule has 1 aliphatic rings. The molecule has 7 heteroatoms. The molecule has 0 aliphatic carbocycles. The Labute approximate surface area is 124 Å². The fourth-order valence-corrected chi connectivity index (χ4v) is 3.67. The van der Waals surface area contributed by atoms with Crippen LogP contribution < -0.4 is 4.72 Å². The van der Waals surface area contributed by atoms with Crippen LogP contribution in [0.5, 0.6) is 0 Å². The molecule has 0 spiro atoms. The van der Waals surface area contributed by atoms with Crippen molar-refractivity contribution in [2.75, 3.05) is 19.8 Å². The van der Waals surface area contributed by atoms with Gasteiger partial charge in [-0.15, -0.1) is 0 Å². The Morgan fingerprint density at radius 1 is 1.38 bits per heavy atom. The van der Waals surface area contributed by atoms with Gasteiger partial charge in [0.25, 0.3) is 0 Å². The maximum absolute atomic E-state index is 12.4. The number of rotatable bonds is 5. The molecule has 2 N–H and O–H groups in total. The van der Waals surface area contributed by atoms with Crippen LogP contribution in [0.15, 0.2) is 17.0 Å². The lowest BCUT2D eigenvalue weighted by Crippen LogP contribution is -2.48. The van der Waals surface area contributed by atoms with Crippen LogP contribution in [0.3, 0.4) is 0 Å². The lowest BCUT2D eigenvalue weighted by Gasteiger charge is -2.38. The molecule has 21 heavy (non-hydrogen) atoms. The number of aryl methyl sites for hydroxylation is 1. The molecule has 1 heterocycles. The van der Waals surface area contributed by atoms with Gasteiger partial charge < -0.3 is 9.84 Å². The SMILES string of the molecule is Cc1cc(C(=O)O)cc(S(=O)(=O)NCC2(C)COC2)c1C. The lowest BCUT2D eigenvalue weighted by atomic mass is 9.89. The number of nitrogens with one attached hydrogen (secondary N) is 1. The Kier molecular flexibility index (Phi) is 4.10. The van der Waals surface area contributed by atoms with E-state index in [1.807, 2.05) is 6.92 Å². The van der Waals surface area contributed by atoms with Crippen LogP contribution in [0.1, 0.15) is 28.4 Å². The van der Waals surface area contributed by atoms with Gasteiger partial charge in [-0.3, -0.25) is 0 Å². The molecule has 0 atom stereocenters. The van der Waals surface area contributed by atoms with Crippen molar-refractivity contribution in [3.05, 3.63) is 28.8 Å². The van der Waals surface area contributed by atoms with Gasteiger partial charge >= 0.3 is 5.97 Å². The minimum Gasteiger partial charge on any atom is -0.478 e. The normalized spacial score (nSPS) is 17.3. The zero-order valence-electron chi connectivity index (χ0n) is 12.3. The van der Waals surface area contributed by atoms with E-state index in [0.717, 1.165) is 0 Å². The summed E-state index contributed by atoms with van der Waals surface area (Å²) in [5.41, 5.74) is 0.966. The third-order valence-electron chi connectivity index (χ3n) is 3.75. The van der Waals surface area contributed by atoms with E-state index in [9.17, 15) is 13.2 Å². The van der Waals surface area contributed by atoms with E-state index in [1.165, 1.54) is 12.1 Å². The monoisotopic (exact) mass is 313 g/mol. The van der Waals surface area contributed by atoms with E-state index in [4.69, 9.17) is 9.84 Å². The number of carbonyl (C=O) groups is 1. The summed E-state index contributed by atoms with van der Waals surface area (Å²) >= 11 is 0. The second-order valence-electron chi connectivity index (χ2n) is 5.85. The van der Waals surface area contributed by atoms with E-state index in [-0.39, 0.29) is 22.4 Å². The van der Waals surface area contributed by atoms with Crippen LogP contribution in [0, 0.1) is 19.3 Å². The first kappa shape index (κ1) is 15.9. The van der Waals surface area contributed by atoms with Crippen LogP contribution in [0.25, 0.3) is 0 Å². The Bertz CT molecular complexity index is 677. The third-order valence-corrected chi connectivity index (χ3v) is 5.27. The van der Waals surface area contributed by atoms with Gasteiger partial charge in [-0.05, 0) is 37.1 Å². The number of benzene rings is 1. The number of aromatic carboxylic acids is 1. The lowest BCUT2D eigenvalue weighted by molar-refractivity contribution is -0.0965. The summed E-state index contributed by atoms with van der Waals surface area (Å²) in [6.45, 7) is 6.60. The van der Waals surface area contributed by atoms with Crippen LogP contribution in [0.4, 0.5) is 0 Å². The second-order valence-corrected chi connectivity index (χ2v) is 7.58. The van der Waals surface area contributed by atoms with Crippen LogP contribution in [-0.4, -0.2) is 39.3 Å². The topological polar surface area (TPSA) is 92.7 Å². The quantitative estimate of drug-likeness (QED) is 0.855. The van der Waals surface area contributed by atoms with Gasteiger partial charge in [0.05, 0.1) is 23.7 Å². The number of carboxylic acids is 1. The van der Waals surface area contributed by atoms with E-state index in [1.54, 1.807) is 13.8 Å². The summed E-state index contributed by atoms with van der Waals surface area (Å²) in [5.74, 6) is -1.14. The van der Waals surface area contributed by atoms with Gasteiger partial charge in [-0.2, -0.15) is 0 Å². The molecular formula is C14H19NO5S. The van der Waals surface area contributed by atoms with Crippen molar-refractivity contribution < 1.29 is 23.1 Å². The highest BCUT2D eigenvalue weighted by atomic mass is 32.2. The van der Waals surface area contributed by atoms with E-state index < -0.39 is 16.0 Å². The highest BCUT2D eigenvalue weighted by Gasteiger charge is 2.35. The number of carboxylic acid groups (broad SMARTS) is 1. The van der Waals surface area contributed by atoms with Gasteiger partial charge in [0, 0.05) is 12.0 Å². The highest BCUT2D eigenvalue weighted by molar-refractivity contribution is 7.89. The van der Waals surface area contributed by atoms with Crippen molar-refractivity contribution in [1.29, 1.82) is 0 Å². The third kappa shape index (κ3) is 3.25. The Balaban J connectivity index is 2.32. The summed E-state index contributed by atoms with van der Waals surface area (Å²) in [7, 11) is -3.75. The molecule has 6 nitrogen and oxygen atoms in total. The maximum atomic E-state index is 12.4. The summed E-state index contributed by atoms with van der Waals surface area (Å²) in [5, 5.41) is 9.06. The van der Waals surface area contributed by atoms with Crippen molar-refractivity contribution in [1.82, 2.24) is 4.72 Å². The molecule has 116 valence electrons. The van der Waals surface area contributed by atoms with Gasteiger partial charge in [0.1, 0.15) is 0 Å². The van der Waals surface area contributed by atoms with Crippen molar-refractivity contribution in [3.8, 4) is 0 Å². The first-order chi connectivity index (χ1) is 9.65. The minimum absolute atomic E-state index is 0.0174. The van der Waals surface area contributed by atoms with Crippen LogP contribution >= 0.6 is 0 Å². The largest absolute Gasteiger partial charge is 0.478 e. The highest BCUT2D eigenvalue weighted by Crippen LogP contribution is 2.27. The molecule has 0 saturated carbocycles. The fourth-order valence-electron chi connectivity index (χ4n) is 2.13. The Hall–Kier alpha value is -1.44. The van der Waals surface area contributed by atoms with Crippen molar-refractivity contribution >= 4 is 16.0 Å². The van der Waals surface area contributed by atoms with E-state index >= 15 is 0 Å². The maximum Gasteiger partial charge on any atom is 0.335 e. The minimum atomic E-state index is -3.75. The molecule has 2 rings (SSSR count). The van der Waals surface area contributed by atoms with E-state index in [0.29, 0.717) is 24.3 Å². The average molecular weight is 313 g/mol. The number of hydrogen-bond donors (Lipinski definition) is 2. The Morgan fingerprint density at radius 3 is 2.48 bits per heavy atom. The van der Waals surface area contributed by atoms with Crippen molar-refractivity contribution in [3.63, 3.8) is 0 Å². The molecule has 0 aromatic heterocycles. The Morgan fingerprint density at radius 2 is 2.00 bits per heavy atom. The van der Waals surface area contributed by atoms with Crippen molar-refractivity contribution in [2.24, 2.45) is 5.41 Å². The summed E-state index contributed by atoms with van der Waals surface area (Å²) in [4.78, 5) is 11.1. The zero-order valence-corrected chi connectivity index (χ0v) is 13.1. The molecule has 1 aromatic carbocycles. The van der Waals surface area contributed by atoms with Crippen LogP contribution in [0.2, 0.25) is 0 Å². The summed E-state index contributed by atoms with van der Waals surface area (Å²) < 4.78 is 32.5. The average Bonchev–Trinajstić information content (AvgIpc) is 2.36. The van der Waals surface area contributed by atoms with Gasteiger partial charge in [0.15, 0.2) is 0 Å². The van der Waals surface area contributed by atoms with Gasteiger partial charge in [-0.1, -0.05) is 6.92 Å². The molecule has 0 amide bonds. The first-order valence-electron chi connectivity index (χ1n) is 6.57. The first-order valence-corrected chi connectivity index (χ1v) is 8.05. The molecule has 1 fully saturated rings. The number of hydrogen-bond acceptors (Lipinski definition) is 4. The molecule has 1 aliphatic heterocycles. The van der Waals surface area contributed by atoms with Gasteiger partial charge in [-0.25, -0.2) is 17.9 Å². The summed E-state index contributed by atoms with van der Waals surface area (Å²) in [6, 6.07) is 2.67. The number of sulfonamides is 1. The smallest absolute Gasteiger partial charge is 0.335 e. The molecular weight excluding hydrogens is 294 g/mol. The van der Waals surface area contributed by atoms with Gasteiger partial charge in [0.2, 0.25) is 10.0 Å². The second kappa shape index (κ2) is 5.40. The molecule has 0 bridgehead atoms. The zero-order chi connectivity index (χ0) is 15.8. The fraction of sp³-hybridized carbons (Fsp3) is 0.500. The molecule has 1 aromatic rings. The predicted molar refractivity (Wildman–Crippen MR) is 77.0 cm³/mol. The standard InChI is InChI=1S/C14H19NO5S/c1-9-4-11(13(16)17)5-12(10(9)2)21(18,19)15-6-14(3)7-20-8-14/h4-5,15H,6-8H2,1-3H3,(H,16,17). The van der Waals surface area contributed by atoms with Crippen LogP contribution in [-0.2, 0) is 14.8 Å². The molecule has 1 saturated heterocycles. The van der Waals surface area contributed by atoms with E-state index in [2.05, 4.69) is 4.72 Å².